The Labute approximate surface area is 261 Å². The van der Waals surface area contributed by atoms with E-state index in [1.807, 2.05) is 0 Å². The van der Waals surface area contributed by atoms with Gasteiger partial charge in [0.05, 0.1) is 12.2 Å². The summed E-state index contributed by atoms with van der Waals surface area (Å²) in [6.45, 7) is 6.23. The maximum atomic E-state index is 12.3. The highest BCUT2D eigenvalue weighted by Crippen LogP contribution is 2.19. The summed E-state index contributed by atoms with van der Waals surface area (Å²) in [6.07, 6.45) is 22.3. The van der Waals surface area contributed by atoms with E-state index in [4.69, 9.17) is 10.6 Å². The van der Waals surface area contributed by atoms with E-state index in [-0.39, 0.29) is 11.8 Å². The minimum Gasteiger partial charge on any atom is -0.492 e. The Bertz CT molecular complexity index is 758. The Balaban J connectivity index is 2.43. The first-order valence-corrected chi connectivity index (χ1v) is 17.4. The molecule has 0 radical (unpaired) electrons. The van der Waals surface area contributed by atoms with Gasteiger partial charge in [-0.25, -0.2) is 4.79 Å². The zero-order valence-corrected chi connectivity index (χ0v) is 27.4. The van der Waals surface area contributed by atoms with Crippen molar-refractivity contribution >= 4 is 5.97 Å². The van der Waals surface area contributed by atoms with Crippen molar-refractivity contribution < 1.29 is 30.1 Å². The monoisotopic (exact) mass is 611 g/mol. The Hall–Kier alpha value is -1.81. The molecule has 0 aliphatic rings. The Kier molecular flexibility index (Phi) is 23.3. The Morgan fingerprint density at radius 3 is 1.53 bits per heavy atom. The number of aromatic hydroxyl groups is 2. The fourth-order valence-corrected chi connectivity index (χ4v) is 5.53. The van der Waals surface area contributed by atoms with Crippen LogP contribution in [-0.4, -0.2) is 73.9 Å². The summed E-state index contributed by atoms with van der Waals surface area (Å²) >= 11 is 0. The lowest BCUT2D eigenvalue weighted by Gasteiger charge is -2.27. The van der Waals surface area contributed by atoms with Crippen LogP contribution in [0.2, 0.25) is 0 Å². The van der Waals surface area contributed by atoms with Crippen molar-refractivity contribution in [1.29, 1.82) is 0 Å². The molecule has 9 heteroatoms. The highest BCUT2D eigenvalue weighted by Gasteiger charge is 2.20. The van der Waals surface area contributed by atoms with Gasteiger partial charge < -0.3 is 31.0 Å². The summed E-state index contributed by atoms with van der Waals surface area (Å²) in [6, 6.07) is 1.54. The molecule has 1 rings (SSSR count). The summed E-state index contributed by atoms with van der Waals surface area (Å²) in [7, 11) is 0. The molecule has 1 aromatic heterocycles. The third-order valence-electron chi connectivity index (χ3n) is 8.24. The summed E-state index contributed by atoms with van der Waals surface area (Å²) in [5.41, 5.74) is 5.99. The fourth-order valence-electron chi connectivity index (χ4n) is 5.53. The first kappa shape index (κ1) is 39.2. The van der Waals surface area contributed by atoms with E-state index >= 15 is 0 Å². The molecule has 43 heavy (non-hydrogen) atoms. The number of carbonyl (C=O) groups is 1. The molecule has 1 heterocycles. The van der Waals surface area contributed by atoms with Gasteiger partial charge in [-0.05, 0) is 32.2 Å². The van der Waals surface area contributed by atoms with Gasteiger partial charge in [-0.3, -0.25) is 4.90 Å². The average Bonchev–Trinajstić information content (AvgIpc) is 3.29. The summed E-state index contributed by atoms with van der Waals surface area (Å²) < 4.78 is 0.644. The average molecular weight is 612 g/mol. The lowest BCUT2D eigenvalue weighted by Crippen LogP contribution is -2.39. The number of nitrogens with zero attached hydrogens (tertiary/aromatic N) is 2. The zero-order valence-electron chi connectivity index (χ0n) is 27.4. The molecule has 0 spiro atoms. The van der Waals surface area contributed by atoms with Gasteiger partial charge >= 0.3 is 5.97 Å². The minimum absolute atomic E-state index is 0.384. The number of aromatic nitrogens is 1. The van der Waals surface area contributed by atoms with Crippen LogP contribution in [0.1, 0.15) is 149 Å². The van der Waals surface area contributed by atoms with E-state index in [1.54, 1.807) is 0 Å². The molecule has 9 nitrogen and oxygen atoms in total. The fraction of sp³-hybridized carbons (Fsp3) is 0.853. The smallest absolute Gasteiger partial charge is 0.349 e. The maximum absolute atomic E-state index is 12.3. The van der Waals surface area contributed by atoms with Crippen LogP contribution in [0.15, 0.2) is 12.1 Å². The van der Waals surface area contributed by atoms with Crippen LogP contribution >= 0.6 is 0 Å². The van der Waals surface area contributed by atoms with Crippen molar-refractivity contribution in [1.82, 2.24) is 9.63 Å². The van der Waals surface area contributed by atoms with E-state index in [2.05, 4.69) is 18.7 Å². The van der Waals surface area contributed by atoms with Crippen LogP contribution in [0.4, 0.5) is 0 Å². The van der Waals surface area contributed by atoms with Crippen LogP contribution in [0.5, 0.6) is 11.8 Å². The van der Waals surface area contributed by atoms with Gasteiger partial charge in [0.2, 0.25) is 11.8 Å². The second-order valence-electron chi connectivity index (χ2n) is 12.5. The lowest BCUT2D eigenvalue weighted by atomic mass is 10.0. The topological polar surface area (TPSA) is 141 Å². The van der Waals surface area contributed by atoms with Crippen LogP contribution < -0.4 is 10.6 Å². The van der Waals surface area contributed by atoms with Gasteiger partial charge in [-0.2, -0.15) is 0 Å². The molecule has 0 aromatic carbocycles. The van der Waals surface area contributed by atoms with Crippen LogP contribution in [-0.2, 0) is 4.79 Å². The van der Waals surface area contributed by atoms with Crippen molar-refractivity contribution in [3.8, 4) is 11.8 Å². The number of hydrogen-bond donors (Lipinski definition) is 5. The minimum atomic E-state index is -0.894. The Morgan fingerprint density at radius 2 is 1.09 bits per heavy atom. The van der Waals surface area contributed by atoms with Crippen molar-refractivity contribution in [3.63, 3.8) is 0 Å². The molecular formula is C34H65N3O6. The molecule has 1 aromatic rings. The molecule has 0 saturated carbocycles. The summed E-state index contributed by atoms with van der Waals surface area (Å²) in [4.78, 5) is 19.4. The molecule has 0 amide bonds. The van der Waals surface area contributed by atoms with Gasteiger partial charge in [0.25, 0.3) is 0 Å². The molecular weight excluding hydrogens is 546 g/mol. The van der Waals surface area contributed by atoms with Crippen molar-refractivity contribution in [2.75, 3.05) is 19.6 Å². The van der Waals surface area contributed by atoms with E-state index < -0.39 is 24.2 Å². The molecule has 0 unspecified atom stereocenters. The number of aliphatic hydroxyl groups is 2. The number of hydrogen-bond acceptors (Lipinski definition) is 8. The van der Waals surface area contributed by atoms with Crippen molar-refractivity contribution in [2.24, 2.45) is 5.73 Å². The predicted octanol–water partition coefficient (Wildman–Crippen LogP) is 6.44. The number of rotatable bonds is 29. The second-order valence-corrected chi connectivity index (χ2v) is 12.5. The summed E-state index contributed by atoms with van der Waals surface area (Å²) in [5.74, 6) is -1.50. The van der Waals surface area contributed by atoms with Gasteiger partial charge in [0, 0.05) is 25.2 Å². The van der Waals surface area contributed by atoms with Crippen molar-refractivity contribution in [2.45, 2.75) is 167 Å². The first-order chi connectivity index (χ1) is 20.8. The van der Waals surface area contributed by atoms with E-state index in [1.165, 1.54) is 89.2 Å². The molecule has 0 fully saturated rings. The molecule has 6 N–H and O–H groups in total. The van der Waals surface area contributed by atoms with E-state index in [9.17, 15) is 25.2 Å². The highest BCUT2D eigenvalue weighted by atomic mass is 16.7. The largest absolute Gasteiger partial charge is 0.492 e. The molecule has 3 atom stereocenters. The normalized spacial score (nSPS) is 13.8. The lowest BCUT2D eigenvalue weighted by molar-refractivity contribution is -0.147. The van der Waals surface area contributed by atoms with Gasteiger partial charge in [-0.1, -0.05) is 123 Å². The van der Waals surface area contributed by atoms with Gasteiger partial charge in [-0.15, -0.1) is 4.73 Å². The maximum Gasteiger partial charge on any atom is 0.349 e. The third kappa shape index (κ3) is 20.0. The molecule has 0 bridgehead atoms. The van der Waals surface area contributed by atoms with Gasteiger partial charge in [0.1, 0.15) is 6.04 Å². The molecule has 0 aliphatic heterocycles. The van der Waals surface area contributed by atoms with Crippen LogP contribution in [0.25, 0.3) is 0 Å². The van der Waals surface area contributed by atoms with E-state index in [0.29, 0.717) is 37.2 Å². The number of carbonyl (C=O) groups excluding carboxylic acids is 1. The predicted molar refractivity (Wildman–Crippen MR) is 174 cm³/mol. The summed E-state index contributed by atoms with van der Waals surface area (Å²) in [5, 5.41) is 40.9. The molecule has 252 valence electrons. The first-order valence-electron chi connectivity index (χ1n) is 17.4. The van der Waals surface area contributed by atoms with Crippen LogP contribution in [0.3, 0.4) is 0 Å². The number of aliphatic hydroxyl groups excluding tert-OH is 2. The number of unbranched alkanes of at least 4 members (excludes halogenated alkanes) is 15. The highest BCUT2D eigenvalue weighted by molar-refractivity contribution is 5.75. The molecule has 0 aliphatic carbocycles. The molecule has 0 saturated heterocycles. The van der Waals surface area contributed by atoms with Crippen molar-refractivity contribution in [3.05, 3.63) is 12.1 Å². The standard InChI is InChI=1S/C34H65N3O6/c1-3-5-7-9-11-13-15-17-21-29(38)27-36(28-30(39)22-18-16-14-12-10-8-6-4-2)26-20-19-23-31(35)34(42)43-37-32(40)24-25-33(37)41/h24-25,29-31,38-41H,3-23,26-28,35H2,1-2H3/t29-,30-,31+/m0/s1. The third-order valence-corrected chi connectivity index (χ3v) is 8.24. The second kappa shape index (κ2) is 25.5. The van der Waals surface area contributed by atoms with Gasteiger partial charge in [0.15, 0.2) is 0 Å². The van der Waals surface area contributed by atoms with E-state index in [0.717, 1.165) is 44.9 Å². The number of nitrogens with two attached hydrogens (primary N) is 1. The SMILES string of the molecule is CCCCCCCCCC[C@H](O)CN(CCCC[C@@H](N)C(=O)On1c(O)ccc1O)C[C@@H](O)CCCCCCCCCC. The quantitative estimate of drug-likeness (QED) is 0.0652. The Morgan fingerprint density at radius 1 is 0.698 bits per heavy atom. The van der Waals surface area contributed by atoms with Crippen LogP contribution in [0, 0.1) is 0 Å². The zero-order chi connectivity index (χ0) is 31.7.